The molecule has 0 saturated heterocycles. The normalized spacial score (nSPS) is 11.7. The Balaban J connectivity index is 0.000000810. The number of rotatable bonds is 1. The molecular weight excluding hydrogens is 224 g/mol. The summed E-state index contributed by atoms with van der Waals surface area (Å²) in [4.78, 5) is 8.57. The van der Waals surface area contributed by atoms with Crippen molar-refractivity contribution in [1.29, 1.82) is 0 Å². The molecule has 10 heavy (non-hydrogen) atoms. The van der Waals surface area contributed by atoms with Gasteiger partial charge in [-0.25, -0.2) is 0 Å². The van der Waals surface area contributed by atoms with Crippen LogP contribution in [0.15, 0.2) is 30.3 Å². The van der Waals surface area contributed by atoms with Crippen LogP contribution in [-0.2, 0) is 37.3 Å². The van der Waals surface area contributed by atoms with Gasteiger partial charge >= 0.3 is 0 Å². The molecule has 0 saturated carbocycles. The molecule has 1 rings (SSSR count). The molecule has 1 atom stereocenters. The smallest absolute Gasteiger partial charge is 0.218 e. The molecule has 0 heterocycles. The maximum atomic E-state index is 10.4. The molecule has 0 aliphatic rings. The van der Waals surface area contributed by atoms with E-state index in [1.165, 1.54) is 0 Å². The summed E-state index contributed by atoms with van der Waals surface area (Å²) >= 11 is 0. The SMILES string of the molecule is O=[PH](O)c1ccccc1.[Y]. The Labute approximate surface area is 85.4 Å². The van der Waals surface area contributed by atoms with E-state index in [1.807, 2.05) is 6.07 Å². The summed E-state index contributed by atoms with van der Waals surface area (Å²) in [6.45, 7) is 0. The van der Waals surface area contributed by atoms with Gasteiger partial charge in [0.2, 0.25) is 8.03 Å². The van der Waals surface area contributed by atoms with Crippen molar-refractivity contribution in [3.63, 3.8) is 0 Å². The van der Waals surface area contributed by atoms with E-state index < -0.39 is 8.03 Å². The Morgan fingerprint density at radius 2 is 1.70 bits per heavy atom. The molecular formula is C6H7O2PY. The first-order chi connectivity index (χ1) is 4.30. The molecule has 1 N–H and O–H groups in total. The molecule has 4 heteroatoms. The van der Waals surface area contributed by atoms with E-state index in [9.17, 15) is 4.57 Å². The van der Waals surface area contributed by atoms with Crippen LogP contribution in [0.1, 0.15) is 0 Å². The van der Waals surface area contributed by atoms with Crippen molar-refractivity contribution < 1.29 is 42.2 Å². The monoisotopic (exact) mass is 231 g/mol. The third-order valence-electron chi connectivity index (χ3n) is 1.02. The van der Waals surface area contributed by atoms with Crippen molar-refractivity contribution in [1.82, 2.24) is 0 Å². The molecule has 0 fully saturated rings. The van der Waals surface area contributed by atoms with Crippen LogP contribution in [0.5, 0.6) is 0 Å². The van der Waals surface area contributed by atoms with Crippen LogP contribution >= 0.6 is 8.03 Å². The van der Waals surface area contributed by atoms with Gasteiger partial charge in [0, 0.05) is 38.0 Å². The van der Waals surface area contributed by atoms with Crippen LogP contribution in [0.4, 0.5) is 0 Å². The predicted molar refractivity (Wildman–Crippen MR) is 37.3 cm³/mol. The van der Waals surface area contributed by atoms with E-state index in [-0.39, 0.29) is 32.7 Å². The third-order valence-corrected chi connectivity index (χ3v) is 1.85. The van der Waals surface area contributed by atoms with Crippen molar-refractivity contribution in [3.8, 4) is 0 Å². The quantitative estimate of drug-likeness (QED) is 0.725. The van der Waals surface area contributed by atoms with E-state index >= 15 is 0 Å². The van der Waals surface area contributed by atoms with Crippen molar-refractivity contribution in [2.45, 2.75) is 0 Å². The van der Waals surface area contributed by atoms with Gasteiger partial charge < -0.3 is 4.89 Å². The molecule has 0 bridgehead atoms. The molecule has 0 aliphatic carbocycles. The Morgan fingerprint density at radius 1 is 1.20 bits per heavy atom. The predicted octanol–water partition coefficient (Wildman–Crippen LogP) is 0.776. The van der Waals surface area contributed by atoms with Crippen molar-refractivity contribution in [2.24, 2.45) is 0 Å². The molecule has 0 aromatic heterocycles. The fourth-order valence-corrected chi connectivity index (χ4v) is 1.06. The summed E-state index contributed by atoms with van der Waals surface area (Å²) in [5.41, 5.74) is 0. The molecule has 0 aliphatic heterocycles. The molecule has 51 valence electrons. The maximum Gasteiger partial charge on any atom is 0.218 e. The summed E-state index contributed by atoms with van der Waals surface area (Å²) in [5.74, 6) is 0. The van der Waals surface area contributed by atoms with Crippen LogP contribution in [-0.4, -0.2) is 4.89 Å². The maximum absolute atomic E-state index is 10.4. The summed E-state index contributed by atoms with van der Waals surface area (Å²) < 4.78 is 10.4. The fourth-order valence-electron chi connectivity index (χ4n) is 0.581. The minimum Gasteiger partial charge on any atom is -0.343 e. The second-order valence-electron chi connectivity index (χ2n) is 1.67. The van der Waals surface area contributed by atoms with Gasteiger partial charge in [0.25, 0.3) is 0 Å². The van der Waals surface area contributed by atoms with E-state index in [1.54, 1.807) is 24.3 Å². The molecule has 1 aromatic rings. The van der Waals surface area contributed by atoms with Gasteiger partial charge in [0.1, 0.15) is 0 Å². The van der Waals surface area contributed by atoms with Crippen LogP contribution in [0.25, 0.3) is 0 Å². The summed E-state index contributed by atoms with van der Waals surface area (Å²) in [6.07, 6.45) is 0. The average molecular weight is 231 g/mol. The zero-order chi connectivity index (χ0) is 6.69. The Hall–Kier alpha value is 0.514. The van der Waals surface area contributed by atoms with Crippen LogP contribution in [0.3, 0.4) is 0 Å². The van der Waals surface area contributed by atoms with Gasteiger partial charge in [-0.1, -0.05) is 18.2 Å². The van der Waals surface area contributed by atoms with Gasteiger partial charge in [-0.15, -0.1) is 0 Å². The second kappa shape index (κ2) is 5.20. The zero-order valence-electron chi connectivity index (χ0n) is 5.32. The standard InChI is InChI=1S/C6H7O2P.Y/c7-9(8)6-4-2-1-3-5-6;/h1-5,9H,(H,7,8);. The van der Waals surface area contributed by atoms with Gasteiger partial charge in [0.05, 0.1) is 0 Å². The van der Waals surface area contributed by atoms with Gasteiger partial charge in [-0.3, -0.25) is 4.57 Å². The third kappa shape index (κ3) is 3.07. The van der Waals surface area contributed by atoms with Gasteiger partial charge in [0.15, 0.2) is 0 Å². The first kappa shape index (κ1) is 10.5. The largest absolute Gasteiger partial charge is 0.343 e. The second-order valence-corrected chi connectivity index (χ2v) is 2.86. The molecule has 0 amide bonds. The summed E-state index contributed by atoms with van der Waals surface area (Å²) in [6, 6.07) is 8.58. The van der Waals surface area contributed by atoms with Crippen LogP contribution in [0, 0.1) is 0 Å². The van der Waals surface area contributed by atoms with Gasteiger partial charge in [-0.2, -0.15) is 0 Å². The molecule has 0 spiro atoms. The summed E-state index contributed by atoms with van der Waals surface area (Å²) in [7, 11) is -2.46. The van der Waals surface area contributed by atoms with Gasteiger partial charge in [-0.05, 0) is 12.1 Å². The van der Waals surface area contributed by atoms with Crippen molar-refractivity contribution in [2.75, 3.05) is 0 Å². The van der Waals surface area contributed by atoms with Crippen LogP contribution in [0.2, 0.25) is 0 Å². The Bertz CT molecular complexity index is 212. The number of benzene rings is 1. The van der Waals surface area contributed by atoms with Crippen molar-refractivity contribution >= 4 is 13.3 Å². The van der Waals surface area contributed by atoms with E-state index in [4.69, 9.17) is 4.89 Å². The molecule has 1 radical (unpaired) electrons. The topological polar surface area (TPSA) is 37.3 Å². The van der Waals surface area contributed by atoms with E-state index in [0.717, 1.165) is 0 Å². The first-order valence-corrected chi connectivity index (χ1v) is 3.94. The molecule has 1 aromatic carbocycles. The van der Waals surface area contributed by atoms with Crippen LogP contribution < -0.4 is 5.30 Å². The number of hydrogen-bond donors (Lipinski definition) is 1. The van der Waals surface area contributed by atoms with E-state index in [0.29, 0.717) is 5.30 Å². The fraction of sp³-hybridized carbons (Fsp3) is 0. The minimum atomic E-state index is -2.46. The van der Waals surface area contributed by atoms with E-state index in [2.05, 4.69) is 0 Å². The molecule has 1 unspecified atom stereocenters. The minimum absolute atomic E-state index is 0. The summed E-state index contributed by atoms with van der Waals surface area (Å²) in [5, 5.41) is 0.516. The Kier molecular flexibility index (Phi) is 5.47. The zero-order valence-corrected chi connectivity index (χ0v) is 9.16. The first-order valence-electron chi connectivity index (χ1n) is 2.59. The van der Waals surface area contributed by atoms with Crippen molar-refractivity contribution in [3.05, 3.63) is 30.3 Å². The molecule has 2 nitrogen and oxygen atoms in total. The Morgan fingerprint density at radius 3 is 2.00 bits per heavy atom. The number of hydrogen-bond acceptors (Lipinski definition) is 1. The average Bonchev–Trinajstić information content (AvgIpc) is 1.90.